The van der Waals surface area contributed by atoms with E-state index in [1.165, 1.54) is 12.8 Å². The number of benzene rings is 1. The molecule has 2 amide bonds. The van der Waals surface area contributed by atoms with Crippen LogP contribution in [0.25, 0.3) is 10.4 Å². The lowest BCUT2D eigenvalue weighted by atomic mass is 9.85. The molecule has 7 nitrogen and oxygen atoms in total. The number of carbonyl (C=O) groups excluding carboxylic acids is 2. The van der Waals surface area contributed by atoms with Gasteiger partial charge in [0.2, 0.25) is 11.8 Å². The van der Waals surface area contributed by atoms with Gasteiger partial charge >= 0.3 is 0 Å². The van der Waals surface area contributed by atoms with Crippen LogP contribution < -0.4 is 10.6 Å². The molecule has 1 aliphatic rings. The van der Waals surface area contributed by atoms with E-state index in [0.717, 1.165) is 41.1 Å². The molecule has 36 heavy (non-hydrogen) atoms. The van der Waals surface area contributed by atoms with E-state index in [1.807, 2.05) is 57.5 Å². The van der Waals surface area contributed by atoms with E-state index in [-0.39, 0.29) is 30.2 Å². The van der Waals surface area contributed by atoms with Crippen LogP contribution in [0.4, 0.5) is 0 Å². The lowest BCUT2D eigenvalue weighted by Gasteiger charge is -2.35. The number of nitrogens with zero attached hydrogens (tertiary/aromatic N) is 2. The normalized spacial score (nSPS) is 18.9. The molecule has 0 unspecified atom stereocenters. The average molecular weight is 515 g/mol. The largest absolute Gasteiger partial charge is 0.391 e. The minimum atomic E-state index is -0.697. The third-order valence-corrected chi connectivity index (χ3v) is 7.76. The van der Waals surface area contributed by atoms with Crippen LogP contribution >= 0.6 is 11.3 Å². The quantitative estimate of drug-likeness (QED) is 0.389. The fourth-order valence-electron chi connectivity index (χ4n) is 4.69. The fraction of sp³-hybridized carbons (Fsp3) is 0.607. The topological polar surface area (TPSA) is 94.6 Å². The summed E-state index contributed by atoms with van der Waals surface area (Å²) in [5.41, 5.74) is 4.63. The molecule has 3 N–H and O–H groups in total. The molecule has 1 saturated heterocycles. The van der Waals surface area contributed by atoms with Gasteiger partial charge in [-0.15, -0.1) is 11.3 Å². The Morgan fingerprint density at radius 3 is 2.53 bits per heavy atom. The first-order chi connectivity index (χ1) is 17.1. The predicted octanol–water partition coefficient (Wildman–Crippen LogP) is 4.28. The average Bonchev–Trinajstić information content (AvgIpc) is 3.44. The molecule has 0 saturated carbocycles. The molecular formula is C28H42N4O3S. The number of carbonyl (C=O) groups is 2. The summed E-state index contributed by atoms with van der Waals surface area (Å²) in [5, 5.41) is 16.8. The fourth-order valence-corrected chi connectivity index (χ4v) is 5.51. The number of aromatic nitrogens is 1. The second-order valence-electron chi connectivity index (χ2n) is 10.9. The maximum Gasteiger partial charge on any atom is 0.243 e. The van der Waals surface area contributed by atoms with Crippen LogP contribution in [0.5, 0.6) is 0 Å². The Morgan fingerprint density at radius 1 is 1.19 bits per heavy atom. The molecule has 3 rings (SSSR count). The summed E-state index contributed by atoms with van der Waals surface area (Å²) in [7, 11) is 0. The standard InChI is InChI=1S/C28H42N4O3S/c1-6-7-8-9-14-29-25(28(3,4)5)27(35)32-17-22(33)15-23(32)26(34)30-16-20-10-12-21(13-11-20)24-19(2)31-18-36-24/h10-13,18,22-23,25,29,33H,6-9,14-17H2,1-5H3,(H,30,34)/t22-,23+,25-/m1/s1. The molecule has 0 bridgehead atoms. The van der Waals surface area contributed by atoms with Gasteiger partial charge in [-0.25, -0.2) is 4.98 Å². The summed E-state index contributed by atoms with van der Waals surface area (Å²) in [4.78, 5) is 33.8. The van der Waals surface area contributed by atoms with Gasteiger partial charge in [0.25, 0.3) is 0 Å². The van der Waals surface area contributed by atoms with Gasteiger partial charge in [-0.3, -0.25) is 9.59 Å². The third kappa shape index (κ3) is 7.37. The highest BCUT2D eigenvalue weighted by atomic mass is 32.1. The Balaban J connectivity index is 1.61. The number of β-amino-alcohol motifs (C(OH)–C–C–N with tert-alkyl or cyclic N) is 1. The van der Waals surface area contributed by atoms with Crippen LogP contribution in [-0.4, -0.2) is 58.1 Å². The molecule has 0 radical (unpaired) electrons. The summed E-state index contributed by atoms with van der Waals surface area (Å²) >= 11 is 1.61. The lowest BCUT2D eigenvalue weighted by molar-refractivity contribution is -0.142. The number of aliphatic hydroxyl groups excluding tert-OH is 1. The third-order valence-electron chi connectivity index (χ3n) is 6.78. The minimum absolute atomic E-state index is 0.112. The summed E-state index contributed by atoms with van der Waals surface area (Å²) < 4.78 is 0. The van der Waals surface area contributed by atoms with E-state index in [0.29, 0.717) is 6.54 Å². The Labute approximate surface area is 219 Å². The number of amides is 2. The Hall–Kier alpha value is -2.29. The van der Waals surface area contributed by atoms with E-state index < -0.39 is 18.2 Å². The van der Waals surface area contributed by atoms with Crippen molar-refractivity contribution in [2.45, 2.75) is 91.5 Å². The Kier molecular flexibility index (Phi) is 10.0. The number of nitrogens with one attached hydrogen (secondary N) is 2. The van der Waals surface area contributed by atoms with Crippen molar-refractivity contribution in [2.24, 2.45) is 5.41 Å². The van der Waals surface area contributed by atoms with E-state index in [1.54, 1.807) is 16.2 Å². The number of unbranched alkanes of at least 4 members (excludes halogenated alkanes) is 3. The van der Waals surface area contributed by atoms with E-state index >= 15 is 0 Å². The van der Waals surface area contributed by atoms with Crippen molar-refractivity contribution in [1.29, 1.82) is 0 Å². The number of rotatable bonds is 11. The second kappa shape index (κ2) is 12.8. The molecular weight excluding hydrogens is 472 g/mol. The monoisotopic (exact) mass is 514 g/mol. The van der Waals surface area contributed by atoms with E-state index in [4.69, 9.17) is 0 Å². The highest BCUT2D eigenvalue weighted by Crippen LogP contribution is 2.28. The number of hydrogen-bond acceptors (Lipinski definition) is 6. The van der Waals surface area contributed by atoms with Crippen LogP contribution in [0.2, 0.25) is 0 Å². The minimum Gasteiger partial charge on any atom is -0.391 e. The SMILES string of the molecule is CCCCCCN[C@H](C(=O)N1C[C@H](O)C[C@H]1C(=O)NCc1ccc(-c2scnc2C)cc1)C(C)(C)C. The maximum absolute atomic E-state index is 13.6. The molecule has 0 spiro atoms. The number of aryl methyl sites for hydroxylation is 1. The molecule has 3 atom stereocenters. The first kappa shape index (κ1) is 28.3. The number of hydrogen-bond donors (Lipinski definition) is 3. The van der Waals surface area contributed by atoms with Crippen molar-refractivity contribution >= 4 is 23.2 Å². The lowest BCUT2D eigenvalue weighted by Crippen LogP contribution is -2.56. The Bertz CT molecular complexity index is 999. The second-order valence-corrected chi connectivity index (χ2v) is 11.7. The number of likely N-dealkylation sites (tertiary alicyclic amines) is 1. The molecule has 2 heterocycles. The van der Waals surface area contributed by atoms with Gasteiger partial charge in [0.1, 0.15) is 6.04 Å². The zero-order chi connectivity index (χ0) is 26.3. The summed E-state index contributed by atoms with van der Waals surface area (Å²) in [6, 6.07) is 6.99. The highest BCUT2D eigenvalue weighted by Gasteiger charge is 2.43. The van der Waals surface area contributed by atoms with Crippen molar-refractivity contribution in [1.82, 2.24) is 20.5 Å². The molecule has 198 valence electrons. The van der Waals surface area contributed by atoms with Crippen LogP contribution in [-0.2, 0) is 16.1 Å². The molecule has 0 aliphatic carbocycles. The van der Waals surface area contributed by atoms with Gasteiger partial charge in [0.05, 0.1) is 28.2 Å². The van der Waals surface area contributed by atoms with E-state index in [9.17, 15) is 14.7 Å². The molecule has 1 aromatic heterocycles. The van der Waals surface area contributed by atoms with Gasteiger partial charge in [-0.1, -0.05) is 71.2 Å². The first-order valence-electron chi connectivity index (χ1n) is 13.1. The van der Waals surface area contributed by atoms with Crippen molar-refractivity contribution in [2.75, 3.05) is 13.1 Å². The van der Waals surface area contributed by atoms with Crippen LogP contribution in [0.1, 0.15) is 71.1 Å². The summed E-state index contributed by atoms with van der Waals surface area (Å²) in [5.74, 6) is -0.336. The molecule has 1 fully saturated rings. The van der Waals surface area contributed by atoms with Gasteiger partial charge in [-0.05, 0) is 36.4 Å². The van der Waals surface area contributed by atoms with Crippen LogP contribution in [0, 0.1) is 12.3 Å². The number of aliphatic hydroxyl groups is 1. The van der Waals surface area contributed by atoms with Gasteiger partial charge in [-0.2, -0.15) is 0 Å². The summed E-state index contributed by atoms with van der Waals surface area (Å²) in [6.45, 7) is 11.6. The van der Waals surface area contributed by atoms with Crippen LogP contribution in [0.3, 0.4) is 0 Å². The van der Waals surface area contributed by atoms with Crippen molar-refractivity contribution in [3.05, 3.63) is 41.0 Å². The molecule has 8 heteroatoms. The summed E-state index contributed by atoms with van der Waals surface area (Å²) in [6.07, 6.45) is 4.06. The van der Waals surface area contributed by atoms with Crippen molar-refractivity contribution in [3.63, 3.8) is 0 Å². The first-order valence-corrected chi connectivity index (χ1v) is 14.0. The molecule has 2 aromatic rings. The van der Waals surface area contributed by atoms with Crippen LogP contribution in [0.15, 0.2) is 29.8 Å². The van der Waals surface area contributed by atoms with Crippen molar-refractivity contribution < 1.29 is 14.7 Å². The smallest absolute Gasteiger partial charge is 0.243 e. The van der Waals surface area contributed by atoms with Gasteiger partial charge < -0.3 is 20.6 Å². The Morgan fingerprint density at radius 2 is 1.92 bits per heavy atom. The van der Waals surface area contributed by atoms with E-state index in [2.05, 4.69) is 22.5 Å². The zero-order valence-electron chi connectivity index (χ0n) is 22.3. The predicted molar refractivity (Wildman–Crippen MR) is 146 cm³/mol. The van der Waals surface area contributed by atoms with Gasteiger partial charge in [0.15, 0.2) is 0 Å². The molecule has 1 aliphatic heterocycles. The van der Waals surface area contributed by atoms with Crippen molar-refractivity contribution in [3.8, 4) is 10.4 Å². The molecule has 1 aromatic carbocycles. The number of thiazole rings is 1. The zero-order valence-corrected chi connectivity index (χ0v) is 23.2. The maximum atomic E-state index is 13.6. The van der Waals surface area contributed by atoms with Gasteiger partial charge in [0, 0.05) is 19.5 Å². The highest BCUT2D eigenvalue weighted by molar-refractivity contribution is 7.13.